The van der Waals surface area contributed by atoms with E-state index in [2.05, 4.69) is 22.6 Å². The van der Waals surface area contributed by atoms with Gasteiger partial charge in [-0.25, -0.2) is 0 Å². The Morgan fingerprint density at radius 2 is 2.14 bits per heavy atom. The van der Waals surface area contributed by atoms with Gasteiger partial charge in [0, 0.05) is 42.5 Å². The molecule has 1 fully saturated rings. The molecule has 3 rings (SSSR count). The van der Waals surface area contributed by atoms with Gasteiger partial charge in [-0.05, 0) is 40.3 Å². The number of rotatable bonds is 6. The molecule has 28 heavy (non-hydrogen) atoms. The Kier molecular flexibility index (Phi) is 6.66. The van der Waals surface area contributed by atoms with Gasteiger partial charge < -0.3 is 14.4 Å². The number of fused-ring (bicyclic) bond motifs is 1. The smallest absolute Gasteiger partial charge is 0.302 e. The molecule has 9 heteroatoms. The molecule has 0 radical (unpaired) electrons. The number of likely N-dealkylation sites (N-methyl/N-ethyl adjacent to an activating group) is 1. The zero-order valence-electron chi connectivity index (χ0n) is 15.8. The van der Waals surface area contributed by atoms with Crippen LogP contribution in [0.2, 0.25) is 0 Å². The Bertz CT molecular complexity index is 843. The minimum Gasteiger partial charge on any atom is -0.461 e. The van der Waals surface area contributed by atoms with Crippen LogP contribution in [0.5, 0.6) is 0 Å². The van der Waals surface area contributed by atoms with Crippen LogP contribution in [0.3, 0.4) is 0 Å². The number of hydrogen-bond acceptors (Lipinski definition) is 6. The molecule has 1 aromatic carbocycles. The third-order valence-corrected chi connectivity index (χ3v) is 6.55. The lowest BCUT2D eigenvalue weighted by atomic mass is 10.0. The van der Waals surface area contributed by atoms with E-state index < -0.39 is 12.1 Å². The molecule has 2 aliphatic rings. The molecule has 2 amide bonds. The zero-order valence-corrected chi connectivity index (χ0v) is 18.8. The number of amides is 2. The molecule has 0 spiro atoms. The lowest BCUT2D eigenvalue weighted by molar-refractivity contribution is -0.161. The summed E-state index contributed by atoms with van der Waals surface area (Å²) < 4.78 is 11.5. The van der Waals surface area contributed by atoms with Crippen molar-refractivity contribution in [1.82, 2.24) is 9.80 Å². The minimum absolute atomic E-state index is 0.00533. The summed E-state index contributed by atoms with van der Waals surface area (Å²) in [4.78, 5) is 40.1. The number of esters is 1. The van der Waals surface area contributed by atoms with Crippen LogP contribution in [-0.2, 0) is 30.4 Å². The van der Waals surface area contributed by atoms with Crippen molar-refractivity contribution in [3.8, 4) is 0 Å². The number of halogens is 1. The predicted octanol–water partition coefficient (Wildman–Crippen LogP) is 2.00. The van der Waals surface area contributed by atoms with Gasteiger partial charge in [-0.2, -0.15) is 0 Å². The summed E-state index contributed by atoms with van der Waals surface area (Å²) >= 11 is 3.73. The van der Waals surface area contributed by atoms with E-state index in [0.29, 0.717) is 23.6 Å². The fraction of sp³-hybridized carbons (Fsp3) is 0.421. The number of carbonyl (C=O) groups is 3. The van der Waals surface area contributed by atoms with Gasteiger partial charge in [0.15, 0.2) is 6.10 Å². The van der Waals surface area contributed by atoms with Crippen LogP contribution in [0.1, 0.15) is 12.5 Å². The van der Waals surface area contributed by atoms with Gasteiger partial charge in [-0.3, -0.25) is 19.3 Å². The number of thioether (sulfide) groups is 1. The van der Waals surface area contributed by atoms with Gasteiger partial charge in [0.25, 0.3) is 11.8 Å². The molecular weight excluding hydrogens is 495 g/mol. The first-order valence-corrected chi connectivity index (χ1v) is 10.8. The highest BCUT2D eigenvalue weighted by Gasteiger charge is 2.54. The van der Waals surface area contributed by atoms with Crippen molar-refractivity contribution in [3.05, 3.63) is 44.7 Å². The van der Waals surface area contributed by atoms with Crippen LogP contribution in [-0.4, -0.2) is 65.6 Å². The van der Waals surface area contributed by atoms with E-state index in [1.54, 1.807) is 11.9 Å². The minimum atomic E-state index is -0.552. The summed E-state index contributed by atoms with van der Waals surface area (Å²) in [5, 5.41) is -0.233. The summed E-state index contributed by atoms with van der Waals surface area (Å²) in [5.74, 6) is -0.441. The number of hydrogen-bond donors (Lipinski definition) is 0. The maximum absolute atomic E-state index is 13.3. The second kappa shape index (κ2) is 8.83. The Hall–Kier alpha value is -1.59. The molecule has 1 aromatic rings. The topological polar surface area (TPSA) is 76.2 Å². The van der Waals surface area contributed by atoms with Crippen molar-refractivity contribution >= 4 is 52.1 Å². The van der Waals surface area contributed by atoms with E-state index in [-0.39, 0.29) is 23.8 Å². The summed E-state index contributed by atoms with van der Waals surface area (Å²) in [7, 11) is 3.19. The van der Waals surface area contributed by atoms with Crippen LogP contribution in [0, 0.1) is 3.57 Å². The molecule has 7 nitrogen and oxygen atoms in total. The van der Waals surface area contributed by atoms with Crippen molar-refractivity contribution in [2.24, 2.45) is 0 Å². The zero-order chi connectivity index (χ0) is 20.4. The number of nitrogens with zero attached hydrogens (tertiary/aromatic N) is 2. The number of methoxy groups -OCH3 is 1. The summed E-state index contributed by atoms with van der Waals surface area (Å²) in [6.07, 6.45) is -0.552. The van der Waals surface area contributed by atoms with Crippen LogP contribution < -0.4 is 0 Å². The molecule has 150 valence electrons. The average Bonchev–Trinajstić information content (AvgIpc) is 2.65. The molecule has 2 aliphatic heterocycles. The molecule has 0 unspecified atom stereocenters. The van der Waals surface area contributed by atoms with E-state index in [9.17, 15) is 14.4 Å². The standard InChI is InChI=1S/C19H21IN2O5S/c1-11(23)27-9-13-10-28-19-16(26-3)18(25)22(19)15(13)17(24)21(2)8-12-5-4-6-14(20)7-12/h4-7,16,19H,8-10H2,1-3H3/t16-,19+/m0/s1. The van der Waals surface area contributed by atoms with E-state index >= 15 is 0 Å². The first kappa shape index (κ1) is 21.1. The second-order valence-corrected chi connectivity index (χ2v) is 8.94. The SMILES string of the molecule is CO[C@H]1C(=O)N2C(C(=O)N(C)Cc3cccc(I)c3)=C(COC(C)=O)CS[C@H]12. The normalized spacial score (nSPS) is 21.1. The third kappa shape index (κ3) is 4.20. The van der Waals surface area contributed by atoms with Gasteiger partial charge in [-0.15, -0.1) is 11.8 Å². The second-order valence-electron chi connectivity index (χ2n) is 6.59. The van der Waals surface area contributed by atoms with Crippen LogP contribution in [0.25, 0.3) is 0 Å². The lowest BCUT2D eigenvalue weighted by Gasteiger charge is -2.49. The first-order chi connectivity index (χ1) is 13.3. The Morgan fingerprint density at radius 1 is 1.39 bits per heavy atom. The van der Waals surface area contributed by atoms with E-state index in [0.717, 1.165) is 9.13 Å². The quantitative estimate of drug-likeness (QED) is 0.327. The average molecular weight is 516 g/mol. The molecule has 0 N–H and O–H groups in total. The molecular formula is C19H21IN2O5S. The Morgan fingerprint density at radius 3 is 2.79 bits per heavy atom. The Labute approximate surface area is 181 Å². The monoisotopic (exact) mass is 516 g/mol. The highest BCUT2D eigenvalue weighted by molar-refractivity contribution is 14.1. The largest absolute Gasteiger partial charge is 0.461 e. The highest BCUT2D eigenvalue weighted by Crippen LogP contribution is 2.42. The summed E-state index contributed by atoms with van der Waals surface area (Å²) in [5.41, 5.74) is 1.94. The van der Waals surface area contributed by atoms with Crippen molar-refractivity contribution in [2.45, 2.75) is 24.9 Å². The molecule has 0 aromatic heterocycles. The first-order valence-electron chi connectivity index (χ1n) is 8.66. The molecule has 1 saturated heterocycles. The number of ether oxygens (including phenoxy) is 2. The van der Waals surface area contributed by atoms with Crippen molar-refractivity contribution in [2.75, 3.05) is 26.5 Å². The van der Waals surface area contributed by atoms with E-state index in [1.807, 2.05) is 24.3 Å². The van der Waals surface area contributed by atoms with Gasteiger partial charge in [0.05, 0.1) is 0 Å². The molecule has 0 saturated carbocycles. The van der Waals surface area contributed by atoms with E-state index in [1.165, 1.54) is 30.7 Å². The predicted molar refractivity (Wildman–Crippen MR) is 113 cm³/mol. The van der Waals surface area contributed by atoms with Crippen molar-refractivity contribution < 1.29 is 23.9 Å². The molecule has 2 heterocycles. The van der Waals surface area contributed by atoms with Crippen molar-refractivity contribution in [3.63, 3.8) is 0 Å². The van der Waals surface area contributed by atoms with Gasteiger partial charge >= 0.3 is 5.97 Å². The number of benzene rings is 1. The summed E-state index contributed by atoms with van der Waals surface area (Å²) in [6.45, 7) is 1.72. The van der Waals surface area contributed by atoms with Gasteiger partial charge in [0.1, 0.15) is 17.7 Å². The fourth-order valence-corrected chi connectivity index (χ4v) is 5.15. The number of carbonyl (C=O) groups excluding carboxylic acids is 3. The van der Waals surface area contributed by atoms with Crippen LogP contribution >= 0.6 is 34.4 Å². The van der Waals surface area contributed by atoms with Crippen molar-refractivity contribution in [1.29, 1.82) is 0 Å². The van der Waals surface area contributed by atoms with Gasteiger partial charge in [-0.1, -0.05) is 12.1 Å². The highest BCUT2D eigenvalue weighted by atomic mass is 127. The molecule has 0 bridgehead atoms. The third-order valence-electron chi connectivity index (χ3n) is 4.56. The maximum Gasteiger partial charge on any atom is 0.302 e. The number of β-lactam (4-membered cyclic amide) rings is 1. The Balaban J connectivity index is 1.86. The molecule has 2 atom stereocenters. The maximum atomic E-state index is 13.3. The fourth-order valence-electron chi connectivity index (χ4n) is 3.19. The van der Waals surface area contributed by atoms with Gasteiger partial charge in [0.2, 0.25) is 0 Å². The summed E-state index contributed by atoms with van der Waals surface area (Å²) in [6, 6.07) is 7.89. The lowest BCUT2D eigenvalue weighted by Crippen LogP contribution is -2.66. The van der Waals surface area contributed by atoms with E-state index in [4.69, 9.17) is 9.47 Å². The molecule has 0 aliphatic carbocycles. The van der Waals surface area contributed by atoms with Crippen LogP contribution in [0.15, 0.2) is 35.5 Å². The van der Waals surface area contributed by atoms with Crippen LogP contribution in [0.4, 0.5) is 0 Å².